The summed E-state index contributed by atoms with van der Waals surface area (Å²) in [6, 6.07) is 10.4. The molecule has 0 bridgehead atoms. The summed E-state index contributed by atoms with van der Waals surface area (Å²) in [5.41, 5.74) is 1.08. The van der Waals surface area contributed by atoms with Crippen molar-refractivity contribution < 1.29 is 19.7 Å². The Morgan fingerprint density at radius 2 is 1.52 bits per heavy atom. The summed E-state index contributed by atoms with van der Waals surface area (Å²) in [6.07, 6.45) is 6.50. The van der Waals surface area contributed by atoms with Crippen molar-refractivity contribution in [3.05, 3.63) is 71.5 Å². The number of aryl methyl sites for hydroxylation is 2. The van der Waals surface area contributed by atoms with Gasteiger partial charge in [-0.15, -0.1) is 0 Å². The molecular weight excluding hydrogens is 316 g/mol. The van der Waals surface area contributed by atoms with E-state index in [1.54, 1.807) is 30.3 Å². The Hall–Kier alpha value is -2.88. The Morgan fingerprint density at radius 1 is 0.920 bits per heavy atom. The molecule has 2 N–H and O–H groups in total. The highest BCUT2D eigenvalue weighted by molar-refractivity contribution is 5.41. The zero-order valence-corrected chi connectivity index (χ0v) is 14.6. The van der Waals surface area contributed by atoms with Gasteiger partial charge >= 0.3 is 0 Å². The summed E-state index contributed by atoms with van der Waals surface area (Å²) in [4.78, 5) is 0. The van der Waals surface area contributed by atoms with E-state index in [1.807, 2.05) is 45.1 Å². The molecule has 0 aromatic heterocycles. The van der Waals surface area contributed by atoms with Crippen molar-refractivity contribution in [2.45, 2.75) is 32.8 Å². The molecule has 130 valence electrons. The van der Waals surface area contributed by atoms with Crippen LogP contribution in [0.15, 0.2) is 60.4 Å². The number of phenols is 2. The minimum Gasteiger partial charge on any atom is -0.508 e. The Labute approximate surface area is 147 Å². The van der Waals surface area contributed by atoms with E-state index in [0.717, 1.165) is 22.6 Å². The minimum absolute atomic E-state index is 0.255. The van der Waals surface area contributed by atoms with E-state index in [9.17, 15) is 10.2 Å². The number of benzene rings is 2. The molecule has 0 fully saturated rings. The molecule has 1 atom stereocenters. The lowest BCUT2D eigenvalue weighted by molar-refractivity contribution is 0.140. The number of aromatic hydroxyl groups is 2. The van der Waals surface area contributed by atoms with Crippen molar-refractivity contribution in [2.75, 3.05) is 0 Å². The maximum Gasteiger partial charge on any atom is 0.128 e. The van der Waals surface area contributed by atoms with Gasteiger partial charge in [0.1, 0.15) is 34.4 Å². The Kier molecular flexibility index (Phi) is 4.45. The van der Waals surface area contributed by atoms with Crippen LogP contribution in [0, 0.1) is 13.8 Å². The lowest BCUT2D eigenvalue weighted by atomic mass is 9.96. The van der Waals surface area contributed by atoms with Gasteiger partial charge in [0.15, 0.2) is 0 Å². The molecule has 2 aromatic rings. The van der Waals surface area contributed by atoms with Crippen LogP contribution in [0.25, 0.3) is 0 Å². The largest absolute Gasteiger partial charge is 0.508 e. The predicted molar refractivity (Wildman–Crippen MR) is 97.2 cm³/mol. The molecule has 0 saturated heterocycles. The summed E-state index contributed by atoms with van der Waals surface area (Å²) in [5, 5.41) is 19.2. The second kappa shape index (κ2) is 6.55. The number of allylic oxidation sites excluding steroid dienone is 1. The van der Waals surface area contributed by atoms with Crippen LogP contribution in [0.5, 0.6) is 23.0 Å². The average molecular weight is 338 g/mol. The maximum absolute atomic E-state index is 9.61. The quantitative estimate of drug-likeness (QED) is 0.843. The first-order valence-corrected chi connectivity index (χ1v) is 8.20. The van der Waals surface area contributed by atoms with Crippen molar-refractivity contribution in [3.63, 3.8) is 0 Å². The Balaban J connectivity index is 1.67. The summed E-state index contributed by atoms with van der Waals surface area (Å²) in [5.74, 6) is 2.66. The SMILES string of the molecule is Cc1cc(OC2=CCC(C)(Oc3ccc(O)c(C)c3)C=C2)ccc1O. The third-order valence-corrected chi connectivity index (χ3v) is 4.23. The standard InChI is InChI=1S/C21H22O4/c1-14-12-17(4-6-19(14)22)24-16-8-10-21(3,11-9-16)25-18-5-7-20(23)15(2)13-18/h4-10,12-13,22-23H,11H2,1-3H3. The van der Waals surface area contributed by atoms with Gasteiger partial charge in [0.05, 0.1) is 0 Å². The van der Waals surface area contributed by atoms with Crippen LogP contribution < -0.4 is 9.47 Å². The van der Waals surface area contributed by atoms with Gasteiger partial charge in [-0.3, -0.25) is 0 Å². The second-order valence-electron chi connectivity index (χ2n) is 6.56. The number of ether oxygens (including phenoxy) is 2. The molecule has 3 rings (SSSR count). The van der Waals surface area contributed by atoms with E-state index >= 15 is 0 Å². The molecule has 0 amide bonds. The molecule has 1 aliphatic rings. The first-order valence-electron chi connectivity index (χ1n) is 8.20. The third kappa shape index (κ3) is 3.97. The highest BCUT2D eigenvalue weighted by Crippen LogP contribution is 2.31. The number of phenolic OH excluding ortho intramolecular Hbond substituents is 2. The van der Waals surface area contributed by atoms with Gasteiger partial charge in [-0.1, -0.05) is 0 Å². The lowest BCUT2D eigenvalue weighted by Gasteiger charge is -2.29. The van der Waals surface area contributed by atoms with Gasteiger partial charge < -0.3 is 19.7 Å². The predicted octanol–water partition coefficient (Wildman–Crippen LogP) is 4.77. The molecule has 0 spiro atoms. The monoisotopic (exact) mass is 338 g/mol. The van der Waals surface area contributed by atoms with E-state index in [4.69, 9.17) is 9.47 Å². The van der Waals surface area contributed by atoms with Gasteiger partial charge in [0.2, 0.25) is 0 Å². The zero-order valence-electron chi connectivity index (χ0n) is 14.6. The summed E-state index contributed by atoms with van der Waals surface area (Å²) in [6.45, 7) is 5.67. The van der Waals surface area contributed by atoms with Crippen molar-refractivity contribution in [1.29, 1.82) is 0 Å². The fourth-order valence-electron chi connectivity index (χ4n) is 2.64. The van der Waals surface area contributed by atoms with Crippen LogP contribution in [0.2, 0.25) is 0 Å². The molecule has 1 unspecified atom stereocenters. The molecule has 0 aliphatic heterocycles. The van der Waals surface area contributed by atoms with Crippen molar-refractivity contribution in [1.82, 2.24) is 0 Å². The Morgan fingerprint density at radius 3 is 2.08 bits per heavy atom. The van der Waals surface area contributed by atoms with Crippen LogP contribution in [0.1, 0.15) is 24.5 Å². The molecule has 2 aromatic carbocycles. The fraction of sp³-hybridized carbons (Fsp3) is 0.238. The first-order chi connectivity index (χ1) is 11.8. The highest BCUT2D eigenvalue weighted by Gasteiger charge is 2.25. The van der Waals surface area contributed by atoms with E-state index in [0.29, 0.717) is 12.2 Å². The van der Waals surface area contributed by atoms with Gasteiger partial charge in [-0.05, 0) is 86.5 Å². The van der Waals surface area contributed by atoms with E-state index in [-0.39, 0.29) is 11.5 Å². The zero-order chi connectivity index (χ0) is 18.0. The molecule has 4 nitrogen and oxygen atoms in total. The van der Waals surface area contributed by atoms with Gasteiger partial charge in [0, 0.05) is 6.42 Å². The van der Waals surface area contributed by atoms with Gasteiger partial charge in [-0.2, -0.15) is 0 Å². The van der Waals surface area contributed by atoms with Crippen LogP contribution in [0.3, 0.4) is 0 Å². The summed E-state index contributed by atoms with van der Waals surface area (Å²) in [7, 11) is 0. The second-order valence-corrected chi connectivity index (χ2v) is 6.56. The van der Waals surface area contributed by atoms with Crippen molar-refractivity contribution in [3.8, 4) is 23.0 Å². The van der Waals surface area contributed by atoms with Crippen molar-refractivity contribution >= 4 is 0 Å². The van der Waals surface area contributed by atoms with E-state index < -0.39 is 5.60 Å². The van der Waals surface area contributed by atoms with Crippen LogP contribution in [-0.2, 0) is 0 Å². The van der Waals surface area contributed by atoms with E-state index in [1.165, 1.54) is 0 Å². The molecular formula is C21H22O4. The fourth-order valence-corrected chi connectivity index (χ4v) is 2.64. The number of rotatable bonds is 4. The molecule has 0 radical (unpaired) electrons. The van der Waals surface area contributed by atoms with Gasteiger partial charge in [-0.25, -0.2) is 0 Å². The van der Waals surface area contributed by atoms with E-state index in [2.05, 4.69) is 0 Å². The molecule has 0 saturated carbocycles. The first kappa shape index (κ1) is 17.0. The summed E-state index contributed by atoms with van der Waals surface area (Å²) >= 11 is 0. The number of hydrogen-bond acceptors (Lipinski definition) is 4. The smallest absolute Gasteiger partial charge is 0.128 e. The summed E-state index contributed by atoms with van der Waals surface area (Å²) < 4.78 is 11.9. The lowest BCUT2D eigenvalue weighted by Crippen LogP contribution is -2.31. The number of hydrogen-bond donors (Lipinski definition) is 2. The normalized spacial score (nSPS) is 19.4. The maximum atomic E-state index is 9.61. The highest BCUT2D eigenvalue weighted by atomic mass is 16.5. The van der Waals surface area contributed by atoms with Crippen LogP contribution in [-0.4, -0.2) is 15.8 Å². The molecule has 1 aliphatic carbocycles. The third-order valence-electron chi connectivity index (χ3n) is 4.23. The molecule has 4 heteroatoms. The van der Waals surface area contributed by atoms with Gasteiger partial charge in [0.25, 0.3) is 0 Å². The topological polar surface area (TPSA) is 58.9 Å². The van der Waals surface area contributed by atoms with Crippen molar-refractivity contribution in [2.24, 2.45) is 0 Å². The average Bonchev–Trinajstić information content (AvgIpc) is 2.57. The Bertz CT molecular complexity index is 851. The molecule has 25 heavy (non-hydrogen) atoms. The van der Waals surface area contributed by atoms with Crippen LogP contribution >= 0.6 is 0 Å². The van der Waals surface area contributed by atoms with Crippen LogP contribution in [0.4, 0.5) is 0 Å². The minimum atomic E-state index is -0.471. The molecule has 0 heterocycles.